The molecule has 0 amide bonds. The van der Waals surface area contributed by atoms with E-state index in [0.29, 0.717) is 17.3 Å². The highest BCUT2D eigenvalue weighted by molar-refractivity contribution is 5.63. The van der Waals surface area contributed by atoms with Crippen molar-refractivity contribution < 1.29 is 14.6 Å². The van der Waals surface area contributed by atoms with Crippen molar-refractivity contribution in [2.24, 2.45) is 5.92 Å². The Morgan fingerprint density at radius 2 is 2.14 bits per heavy atom. The van der Waals surface area contributed by atoms with Gasteiger partial charge < -0.3 is 9.63 Å². The van der Waals surface area contributed by atoms with Crippen molar-refractivity contribution in [2.75, 3.05) is 0 Å². The normalized spacial score (nSPS) is 12.6. The Morgan fingerprint density at radius 3 is 2.76 bits per heavy atom. The smallest absolute Gasteiger partial charge is 0.270 e. The van der Waals surface area contributed by atoms with Crippen LogP contribution in [0.3, 0.4) is 0 Å². The van der Waals surface area contributed by atoms with Gasteiger partial charge in [0, 0.05) is 17.7 Å². The number of aliphatic hydroxyl groups excluding tert-OH is 1. The van der Waals surface area contributed by atoms with Crippen molar-refractivity contribution in [3.05, 3.63) is 39.8 Å². The van der Waals surface area contributed by atoms with Crippen LogP contribution in [0.4, 0.5) is 5.69 Å². The summed E-state index contributed by atoms with van der Waals surface area (Å²) >= 11 is 0. The van der Waals surface area contributed by atoms with Crippen molar-refractivity contribution in [3.63, 3.8) is 0 Å². The van der Waals surface area contributed by atoms with E-state index in [2.05, 4.69) is 10.1 Å². The van der Waals surface area contributed by atoms with E-state index < -0.39 is 11.0 Å². The van der Waals surface area contributed by atoms with Crippen LogP contribution in [0.2, 0.25) is 0 Å². The number of nitro benzene ring substituents is 1. The highest BCUT2D eigenvalue weighted by Crippen LogP contribution is 2.25. The van der Waals surface area contributed by atoms with Gasteiger partial charge in [0.1, 0.15) is 0 Å². The largest absolute Gasteiger partial charge is 0.392 e. The minimum Gasteiger partial charge on any atom is -0.392 e. The van der Waals surface area contributed by atoms with Crippen LogP contribution in [0.5, 0.6) is 0 Å². The molecular formula is C14H17N3O4. The summed E-state index contributed by atoms with van der Waals surface area (Å²) in [7, 11) is 0. The van der Waals surface area contributed by atoms with Gasteiger partial charge in [-0.05, 0) is 18.4 Å². The van der Waals surface area contributed by atoms with Crippen LogP contribution in [0, 0.1) is 23.0 Å². The maximum atomic E-state index is 10.8. The highest BCUT2D eigenvalue weighted by Gasteiger charge is 2.18. The fourth-order valence-corrected chi connectivity index (χ4v) is 1.83. The third kappa shape index (κ3) is 3.43. The number of rotatable bonds is 5. The van der Waals surface area contributed by atoms with Gasteiger partial charge in [-0.3, -0.25) is 10.1 Å². The van der Waals surface area contributed by atoms with Gasteiger partial charge in [-0.2, -0.15) is 4.98 Å². The van der Waals surface area contributed by atoms with E-state index in [1.165, 1.54) is 12.1 Å². The lowest BCUT2D eigenvalue weighted by Crippen LogP contribution is -2.17. The maximum Gasteiger partial charge on any atom is 0.270 e. The molecule has 1 unspecified atom stereocenters. The van der Waals surface area contributed by atoms with E-state index in [1.54, 1.807) is 6.07 Å². The third-order valence-corrected chi connectivity index (χ3v) is 3.29. The number of aromatic nitrogens is 2. The van der Waals surface area contributed by atoms with E-state index in [9.17, 15) is 15.2 Å². The van der Waals surface area contributed by atoms with Crippen LogP contribution in [0.25, 0.3) is 11.4 Å². The standard InChI is InChI=1S/C14H17N3O4/c1-8(2)12(18)7-13-15-14(16-21-13)11-6-10(17(19)20)5-4-9(11)3/h4-6,8,12,18H,7H2,1-3H3. The summed E-state index contributed by atoms with van der Waals surface area (Å²) in [6, 6.07) is 4.50. The van der Waals surface area contributed by atoms with Gasteiger partial charge in [0.25, 0.3) is 5.69 Å². The zero-order valence-electron chi connectivity index (χ0n) is 12.1. The van der Waals surface area contributed by atoms with E-state index in [4.69, 9.17) is 4.52 Å². The van der Waals surface area contributed by atoms with Gasteiger partial charge in [-0.1, -0.05) is 25.1 Å². The fraction of sp³-hybridized carbons (Fsp3) is 0.429. The molecule has 0 bridgehead atoms. The number of benzene rings is 1. The quantitative estimate of drug-likeness (QED) is 0.670. The SMILES string of the molecule is Cc1ccc([N+](=O)[O-])cc1-c1noc(CC(O)C(C)C)n1. The molecule has 7 nitrogen and oxygen atoms in total. The van der Waals surface area contributed by atoms with Crippen molar-refractivity contribution in [1.29, 1.82) is 0 Å². The van der Waals surface area contributed by atoms with Gasteiger partial charge in [-0.25, -0.2) is 0 Å². The maximum absolute atomic E-state index is 10.8. The summed E-state index contributed by atoms with van der Waals surface area (Å²) in [4.78, 5) is 14.6. The minimum atomic E-state index is -0.565. The van der Waals surface area contributed by atoms with E-state index in [0.717, 1.165) is 5.56 Å². The van der Waals surface area contributed by atoms with Crippen LogP contribution < -0.4 is 0 Å². The van der Waals surface area contributed by atoms with Crippen LogP contribution in [0.1, 0.15) is 25.3 Å². The van der Waals surface area contributed by atoms with Gasteiger partial charge in [0.05, 0.1) is 17.4 Å². The summed E-state index contributed by atoms with van der Waals surface area (Å²) in [6.07, 6.45) is -0.303. The monoisotopic (exact) mass is 291 g/mol. The van der Waals surface area contributed by atoms with Crippen LogP contribution in [0.15, 0.2) is 22.7 Å². The first-order valence-corrected chi connectivity index (χ1v) is 6.64. The molecule has 1 heterocycles. The second-order valence-electron chi connectivity index (χ2n) is 5.28. The summed E-state index contributed by atoms with van der Waals surface area (Å²) in [5.74, 6) is 0.694. The molecule has 0 spiro atoms. The molecule has 1 atom stereocenters. The molecule has 7 heteroatoms. The molecule has 0 radical (unpaired) electrons. The molecule has 0 aliphatic heterocycles. The Morgan fingerprint density at radius 1 is 1.43 bits per heavy atom. The number of nitro groups is 1. The molecule has 21 heavy (non-hydrogen) atoms. The summed E-state index contributed by atoms with van der Waals surface area (Å²) in [6.45, 7) is 5.61. The first kappa shape index (κ1) is 15.1. The van der Waals surface area contributed by atoms with Crippen molar-refractivity contribution in [2.45, 2.75) is 33.3 Å². The van der Waals surface area contributed by atoms with Crippen molar-refractivity contribution >= 4 is 5.69 Å². The average molecular weight is 291 g/mol. The number of hydrogen-bond acceptors (Lipinski definition) is 6. The second kappa shape index (κ2) is 6.01. The highest BCUT2D eigenvalue weighted by atomic mass is 16.6. The Labute approximate surface area is 121 Å². The number of non-ortho nitro benzene ring substituents is 1. The Bertz CT molecular complexity index is 651. The molecular weight excluding hydrogens is 274 g/mol. The predicted octanol–water partition coefficient (Wildman–Crippen LogP) is 2.51. The Balaban J connectivity index is 2.29. The molecule has 2 rings (SSSR count). The Kier molecular flexibility index (Phi) is 4.32. The minimum absolute atomic E-state index is 0.0239. The molecule has 0 saturated carbocycles. The predicted molar refractivity (Wildman–Crippen MR) is 75.7 cm³/mol. The van der Waals surface area contributed by atoms with Crippen LogP contribution in [-0.4, -0.2) is 26.3 Å². The molecule has 1 N–H and O–H groups in total. The second-order valence-corrected chi connectivity index (χ2v) is 5.28. The molecule has 1 aromatic carbocycles. The zero-order valence-corrected chi connectivity index (χ0v) is 12.1. The van der Waals surface area contributed by atoms with E-state index >= 15 is 0 Å². The number of aryl methyl sites for hydroxylation is 1. The van der Waals surface area contributed by atoms with Gasteiger partial charge in [0.2, 0.25) is 11.7 Å². The fourth-order valence-electron chi connectivity index (χ4n) is 1.83. The van der Waals surface area contributed by atoms with Gasteiger partial charge in [-0.15, -0.1) is 0 Å². The lowest BCUT2D eigenvalue weighted by atomic mass is 10.0. The molecule has 112 valence electrons. The molecule has 0 aliphatic rings. The third-order valence-electron chi connectivity index (χ3n) is 3.29. The van der Waals surface area contributed by atoms with Crippen molar-refractivity contribution in [3.8, 4) is 11.4 Å². The number of hydrogen-bond donors (Lipinski definition) is 1. The van der Waals surface area contributed by atoms with E-state index in [-0.39, 0.29) is 18.0 Å². The van der Waals surface area contributed by atoms with Crippen molar-refractivity contribution in [1.82, 2.24) is 10.1 Å². The Hall–Kier alpha value is -2.28. The van der Waals surface area contributed by atoms with Gasteiger partial charge in [0.15, 0.2) is 0 Å². The summed E-state index contributed by atoms with van der Waals surface area (Å²) in [5, 5.41) is 24.5. The number of aliphatic hydroxyl groups is 1. The van der Waals surface area contributed by atoms with Crippen LogP contribution >= 0.6 is 0 Å². The van der Waals surface area contributed by atoms with Gasteiger partial charge >= 0.3 is 0 Å². The molecule has 0 saturated heterocycles. The summed E-state index contributed by atoms with van der Waals surface area (Å²) in [5.41, 5.74) is 1.35. The number of nitrogens with zero attached hydrogens (tertiary/aromatic N) is 3. The first-order chi connectivity index (χ1) is 9.88. The van der Waals surface area contributed by atoms with E-state index in [1.807, 2.05) is 20.8 Å². The topological polar surface area (TPSA) is 102 Å². The zero-order chi connectivity index (χ0) is 15.6. The average Bonchev–Trinajstić information content (AvgIpc) is 2.87. The molecule has 2 aromatic rings. The molecule has 0 fully saturated rings. The molecule has 1 aromatic heterocycles. The lowest BCUT2D eigenvalue weighted by molar-refractivity contribution is -0.384. The molecule has 0 aliphatic carbocycles. The first-order valence-electron chi connectivity index (χ1n) is 6.64. The van der Waals surface area contributed by atoms with Crippen LogP contribution in [-0.2, 0) is 6.42 Å². The lowest BCUT2D eigenvalue weighted by Gasteiger charge is -2.10. The summed E-state index contributed by atoms with van der Waals surface area (Å²) < 4.78 is 5.10.